The average molecular weight is 625 g/mol. The molecule has 3 aromatic carbocycles. The molecular weight excluding hydrogens is 593 g/mol. The van der Waals surface area contributed by atoms with Crippen LogP contribution in [0.5, 0.6) is 0 Å². The first-order chi connectivity index (χ1) is 18.8. The van der Waals surface area contributed by atoms with Crippen LogP contribution in [0.3, 0.4) is 0 Å². The van der Waals surface area contributed by atoms with Crippen molar-refractivity contribution < 1.29 is 18.0 Å². The van der Waals surface area contributed by atoms with E-state index in [1.54, 1.807) is 43.3 Å². The monoisotopic (exact) mass is 623 g/mol. The summed E-state index contributed by atoms with van der Waals surface area (Å²) in [5, 5.41) is 3.89. The molecule has 0 aliphatic heterocycles. The maximum Gasteiger partial charge on any atom is 0.264 e. The molecule has 214 valence electrons. The molecule has 0 unspecified atom stereocenters. The number of carbonyl (C=O) groups is 2. The van der Waals surface area contributed by atoms with E-state index in [1.807, 2.05) is 26.8 Å². The summed E-state index contributed by atoms with van der Waals surface area (Å²) in [6.45, 7) is 7.26. The van der Waals surface area contributed by atoms with Crippen LogP contribution in [0.4, 0.5) is 5.69 Å². The number of nitrogens with zero attached hydrogens (tertiary/aromatic N) is 2. The van der Waals surface area contributed by atoms with E-state index in [9.17, 15) is 18.0 Å². The van der Waals surface area contributed by atoms with Crippen LogP contribution in [0.1, 0.15) is 31.9 Å². The van der Waals surface area contributed by atoms with Crippen LogP contribution in [0.15, 0.2) is 71.6 Å². The lowest BCUT2D eigenvalue weighted by molar-refractivity contribution is -0.139. The molecule has 11 heteroatoms. The topological polar surface area (TPSA) is 86.8 Å². The number of hydrogen-bond acceptors (Lipinski definition) is 4. The van der Waals surface area contributed by atoms with Gasteiger partial charge in [0.1, 0.15) is 12.6 Å². The van der Waals surface area contributed by atoms with Crippen molar-refractivity contribution in [3.8, 4) is 0 Å². The summed E-state index contributed by atoms with van der Waals surface area (Å²) < 4.78 is 28.7. The number of anilines is 1. The SMILES string of the molecule is Cc1cccc(N(CC(=O)N(Cc2ccc(Cl)c(Cl)c2)[C@H](C)C(=O)NCC(C)C)S(=O)(=O)c2ccc(Cl)cc2)c1. The minimum atomic E-state index is -4.18. The molecule has 0 radical (unpaired) electrons. The molecule has 1 atom stereocenters. The third-order valence-electron chi connectivity index (χ3n) is 6.16. The molecule has 1 N–H and O–H groups in total. The van der Waals surface area contributed by atoms with E-state index in [1.165, 1.54) is 29.2 Å². The van der Waals surface area contributed by atoms with E-state index in [0.717, 1.165) is 9.87 Å². The Balaban J connectivity index is 2.03. The smallest absolute Gasteiger partial charge is 0.264 e. The first-order valence-electron chi connectivity index (χ1n) is 12.7. The lowest BCUT2D eigenvalue weighted by Gasteiger charge is -2.32. The number of carbonyl (C=O) groups excluding carboxylic acids is 2. The van der Waals surface area contributed by atoms with Crippen LogP contribution in [-0.2, 0) is 26.2 Å². The number of rotatable bonds is 11. The fraction of sp³-hybridized carbons (Fsp3) is 0.310. The van der Waals surface area contributed by atoms with Gasteiger partial charge in [-0.25, -0.2) is 8.42 Å². The van der Waals surface area contributed by atoms with Crippen molar-refractivity contribution in [2.75, 3.05) is 17.4 Å². The van der Waals surface area contributed by atoms with Gasteiger partial charge in [-0.1, -0.05) is 66.8 Å². The highest BCUT2D eigenvalue weighted by Gasteiger charge is 2.32. The van der Waals surface area contributed by atoms with Crippen molar-refractivity contribution in [1.82, 2.24) is 10.2 Å². The molecule has 40 heavy (non-hydrogen) atoms. The van der Waals surface area contributed by atoms with Crippen LogP contribution >= 0.6 is 34.8 Å². The maximum atomic E-state index is 13.9. The van der Waals surface area contributed by atoms with Crippen LogP contribution in [0.2, 0.25) is 15.1 Å². The summed E-state index contributed by atoms with van der Waals surface area (Å²) in [6.07, 6.45) is 0. The highest BCUT2D eigenvalue weighted by Crippen LogP contribution is 2.27. The Bertz CT molecular complexity index is 1460. The van der Waals surface area contributed by atoms with Crippen LogP contribution in [0, 0.1) is 12.8 Å². The van der Waals surface area contributed by atoms with Crippen LogP contribution < -0.4 is 9.62 Å². The summed E-state index contributed by atoms with van der Waals surface area (Å²) in [6, 6.07) is 16.6. The van der Waals surface area contributed by atoms with Crippen molar-refractivity contribution in [3.05, 3.63) is 92.9 Å². The average Bonchev–Trinajstić information content (AvgIpc) is 2.90. The number of hydrogen-bond donors (Lipinski definition) is 1. The molecule has 3 aromatic rings. The van der Waals surface area contributed by atoms with Crippen molar-refractivity contribution in [2.45, 2.75) is 45.2 Å². The van der Waals surface area contributed by atoms with Crippen LogP contribution in [0.25, 0.3) is 0 Å². The summed E-state index contributed by atoms with van der Waals surface area (Å²) in [5.74, 6) is -0.723. The van der Waals surface area contributed by atoms with Gasteiger partial charge in [-0.2, -0.15) is 0 Å². The molecule has 7 nitrogen and oxygen atoms in total. The quantitative estimate of drug-likeness (QED) is 0.270. The second-order valence-electron chi connectivity index (χ2n) is 9.89. The third-order valence-corrected chi connectivity index (χ3v) is 8.94. The maximum absolute atomic E-state index is 13.9. The van der Waals surface area contributed by atoms with E-state index in [2.05, 4.69) is 5.32 Å². The highest BCUT2D eigenvalue weighted by atomic mass is 35.5. The Morgan fingerprint density at radius 1 is 0.900 bits per heavy atom. The summed E-state index contributed by atoms with van der Waals surface area (Å²) in [4.78, 5) is 28.3. The Kier molecular flexibility index (Phi) is 10.9. The largest absolute Gasteiger partial charge is 0.354 e. The van der Waals surface area contributed by atoms with E-state index < -0.39 is 28.5 Å². The van der Waals surface area contributed by atoms with Gasteiger partial charge in [-0.15, -0.1) is 0 Å². The van der Waals surface area contributed by atoms with E-state index in [-0.39, 0.29) is 23.3 Å². The molecule has 0 bridgehead atoms. The second kappa shape index (κ2) is 13.7. The van der Waals surface area contributed by atoms with Gasteiger partial charge in [-0.3, -0.25) is 13.9 Å². The highest BCUT2D eigenvalue weighted by molar-refractivity contribution is 7.92. The summed E-state index contributed by atoms with van der Waals surface area (Å²) in [5.41, 5.74) is 1.76. The Hall–Kier alpha value is -2.78. The summed E-state index contributed by atoms with van der Waals surface area (Å²) >= 11 is 18.3. The predicted molar refractivity (Wildman–Crippen MR) is 161 cm³/mol. The predicted octanol–water partition coefficient (Wildman–Crippen LogP) is 6.34. The van der Waals surface area contributed by atoms with Crippen molar-refractivity contribution in [2.24, 2.45) is 5.92 Å². The van der Waals surface area contributed by atoms with Gasteiger partial charge in [0.2, 0.25) is 11.8 Å². The Morgan fingerprint density at radius 3 is 2.17 bits per heavy atom. The van der Waals surface area contributed by atoms with Gasteiger partial charge in [0.05, 0.1) is 20.6 Å². The van der Waals surface area contributed by atoms with Gasteiger partial charge in [0.15, 0.2) is 0 Å². The van der Waals surface area contributed by atoms with Gasteiger partial charge < -0.3 is 10.2 Å². The van der Waals surface area contributed by atoms with E-state index >= 15 is 0 Å². The fourth-order valence-electron chi connectivity index (χ4n) is 3.92. The molecule has 0 aliphatic rings. The number of aryl methyl sites for hydroxylation is 1. The van der Waals surface area contributed by atoms with Crippen LogP contribution in [-0.4, -0.2) is 44.3 Å². The molecule has 0 fully saturated rings. The van der Waals surface area contributed by atoms with Gasteiger partial charge in [-0.05, 0) is 79.4 Å². The minimum absolute atomic E-state index is 0.00857. The standard InChI is InChI=1S/C29H32Cl3N3O4S/c1-19(2)16-33-29(37)21(4)34(17-22-8-13-26(31)27(32)15-22)28(36)18-35(24-7-5-6-20(3)14-24)40(38,39)25-11-9-23(30)10-12-25/h5-15,19,21H,16-18H2,1-4H3,(H,33,37)/t21-/m1/s1. The van der Waals surface area contributed by atoms with Crippen molar-refractivity contribution >= 4 is 62.3 Å². The van der Waals surface area contributed by atoms with Crippen molar-refractivity contribution in [1.29, 1.82) is 0 Å². The Morgan fingerprint density at radius 2 is 1.57 bits per heavy atom. The minimum Gasteiger partial charge on any atom is -0.354 e. The third kappa shape index (κ3) is 8.13. The number of sulfonamides is 1. The fourth-order valence-corrected chi connectivity index (χ4v) is 5.77. The molecule has 3 rings (SSSR count). The molecule has 0 heterocycles. The summed E-state index contributed by atoms with van der Waals surface area (Å²) in [7, 11) is -4.18. The van der Waals surface area contributed by atoms with E-state index in [0.29, 0.717) is 32.9 Å². The lowest BCUT2D eigenvalue weighted by atomic mass is 10.1. The number of amides is 2. The van der Waals surface area contributed by atoms with Crippen molar-refractivity contribution in [3.63, 3.8) is 0 Å². The second-order valence-corrected chi connectivity index (χ2v) is 13.0. The number of benzene rings is 3. The molecule has 0 aliphatic carbocycles. The number of nitrogens with one attached hydrogen (secondary N) is 1. The molecule has 0 spiro atoms. The van der Waals surface area contributed by atoms with Gasteiger partial charge in [0.25, 0.3) is 10.0 Å². The zero-order chi connectivity index (χ0) is 29.6. The molecular formula is C29H32Cl3N3O4S. The molecule has 0 saturated heterocycles. The van der Waals surface area contributed by atoms with Gasteiger partial charge in [0, 0.05) is 18.1 Å². The van der Waals surface area contributed by atoms with E-state index in [4.69, 9.17) is 34.8 Å². The molecule has 0 saturated carbocycles. The normalized spacial score (nSPS) is 12.2. The zero-order valence-electron chi connectivity index (χ0n) is 22.7. The lowest BCUT2D eigenvalue weighted by Crippen LogP contribution is -2.51. The number of halogens is 3. The first-order valence-corrected chi connectivity index (χ1v) is 15.2. The zero-order valence-corrected chi connectivity index (χ0v) is 25.8. The Labute approximate surface area is 251 Å². The molecule has 0 aromatic heterocycles. The first kappa shape index (κ1) is 31.7. The molecule has 2 amide bonds. The van der Waals surface area contributed by atoms with Gasteiger partial charge >= 0.3 is 0 Å².